The molecule has 156 valence electrons. The van der Waals surface area contributed by atoms with E-state index in [9.17, 15) is 14.7 Å². The largest absolute Gasteiger partial charge is 0.386 e. The average molecular weight is 421 g/mol. The SMILES string of the molecule is O=C1c2ccccc2C(=O)N1CC(O)c1cnc(-c2ccccc2)nc1-c1ccccc1. The van der Waals surface area contributed by atoms with Gasteiger partial charge >= 0.3 is 0 Å². The minimum atomic E-state index is -1.14. The molecule has 1 aliphatic heterocycles. The highest BCUT2D eigenvalue weighted by molar-refractivity contribution is 6.21. The van der Waals surface area contributed by atoms with Gasteiger partial charge in [0, 0.05) is 22.9 Å². The van der Waals surface area contributed by atoms with E-state index in [2.05, 4.69) is 4.98 Å². The van der Waals surface area contributed by atoms with E-state index in [-0.39, 0.29) is 6.54 Å². The molecule has 32 heavy (non-hydrogen) atoms. The lowest BCUT2D eigenvalue weighted by molar-refractivity contribution is 0.0543. The van der Waals surface area contributed by atoms with Crippen LogP contribution in [-0.4, -0.2) is 38.3 Å². The third-order valence-corrected chi connectivity index (χ3v) is 5.49. The van der Waals surface area contributed by atoms with Crippen LogP contribution in [0.5, 0.6) is 0 Å². The van der Waals surface area contributed by atoms with Gasteiger partial charge in [0.2, 0.25) is 0 Å². The minimum Gasteiger partial charge on any atom is -0.386 e. The van der Waals surface area contributed by atoms with Crippen LogP contribution in [0.25, 0.3) is 22.6 Å². The van der Waals surface area contributed by atoms with Crippen LogP contribution >= 0.6 is 0 Å². The van der Waals surface area contributed by atoms with Crippen molar-refractivity contribution in [2.24, 2.45) is 0 Å². The highest BCUT2D eigenvalue weighted by Gasteiger charge is 2.36. The molecule has 0 spiro atoms. The van der Waals surface area contributed by atoms with Crippen molar-refractivity contribution in [2.45, 2.75) is 6.10 Å². The van der Waals surface area contributed by atoms with Gasteiger partial charge in [-0.25, -0.2) is 9.97 Å². The number of hydrogen-bond donors (Lipinski definition) is 1. The normalized spacial score (nSPS) is 13.8. The molecular formula is C26H19N3O3. The molecule has 1 aliphatic rings. The highest BCUT2D eigenvalue weighted by atomic mass is 16.3. The van der Waals surface area contributed by atoms with Crippen LogP contribution in [0.1, 0.15) is 32.4 Å². The Morgan fingerprint density at radius 3 is 1.88 bits per heavy atom. The molecule has 2 heterocycles. The van der Waals surface area contributed by atoms with Gasteiger partial charge in [-0.05, 0) is 12.1 Å². The van der Waals surface area contributed by atoms with Crippen LogP contribution in [0.4, 0.5) is 0 Å². The molecule has 3 aromatic carbocycles. The van der Waals surface area contributed by atoms with Gasteiger partial charge in [-0.1, -0.05) is 72.8 Å². The maximum atomic E-state index is 12.7. The molecule has 0 saturated carbocycles. The quantitative estimate of drug-likeness (QED) is 0.490. The number of aliphatic hydroxyl groups excluding tert-OH is 1. The van der Waals surface area contributed by atoms with Crippen LogP contribution in [0.3, 0.4) is 0 Å². The smallest absolute Gasteiger partial charge is 0.261 e. The molecule has 0 saturated heterocycles. The second-order valence-electron chi connectivity index (χ2n) is 7.51. The molecule has 1 atom stereocenters. The van der Waals surface area contributed by atoms with Crippen LogP contribution in [0.2, 0.25) is 0 Å². The van der Waals surface area contributed by atoms with E-state index in [0.29, 0.717) is 28.2 Å². The van der Waals surface area contributed by atoms with Gasteiger partial charge < -0.3 is 5.11 Å². The molecule has 0 bridgehead atoms. The van der Waals surface area contributed by atoms with Crippen molar-refractivity contribution in [3.8, 4) is 22.6 Å². The number of benzene rings is 3. The third-order valence-electron chi connectivity index (χ3n) is 5.49. The van der Waals surface area contributed by atoms with Gasteiger partial charge in [0.25, 0.3) is 11.8 Å². The summed E-state index contributed by atoms with van der Waals surface area (Å²) in [6.07, 6.45) is 0.428. The number of carbonyl (C=O) groups is 2. The van der Waals surface area contributed by atoms with Crippen LogP contribution < -0.4 is 0 Å². The topological polar surface area (TPSA) is 83.4 Å². The predicted molar refractivity (Wildman–Crippen MR) is 120 cm³/mol. The number of nitrogens with zero attached hydrogens (tertiary/aromatic N) is 3. The summed E-state index contributed by atoms with van der Waals surface area (Å²) >= 11 is 0. The fourth-order valence-electron chi connectivity index (χ4n) is 3.86. The zero-order valence-corrected chi connectivity index (χ0v) is 17.1. The van der Waals surface area contributed by atoms with Crippen LogP contribution in [0.15, 0.2) is 91.1 Å². The first-order valence-corrected chi connectivity index (χ1v) is 10.2. The lowest BCUT2D eigenvalue weighted by atomic mass is 10.0. The Morgan fingerprint density at radius 1 is 0.750 bits per heavy atom. The van der Waals surface area contributed by atoms with Crippen molar-refractivity contribution < 1.29 is 14.7 Å². The summed E-state index contributed by atoms with van der Waals surface area (Å²) in [7, 11) is 0. The predicted octanol–water partition coefficient (Wildman–Crippen LogP) is 4.14. The molecule has 1 N–H and O–H groups in total. The number of carbonyl (C=O) groups excluding carboxylic acids is 2. The van der Waals surface area contributed by atoms with Gasteiger partial charge in [0.15, 0.2) is 5.82 Å². The standard InChI is InChI=1S/C26H19N3O3/c30-22(16-29-25(31)19-13-7-8-14-20(19)26(29)32)21-15-27-24(18-11-5-2-6-12-18)28-23(21)17-9-3-1-4-10-17/h1-15,22,30H,16H2. The summed E-state index contributed by atoms with van der Waals surface area (Å²) in [6.45, 7) is -0.180. The molecular weight excluding hydrogens is 402 g/mol. The van der Waals surface area contributed by atoms with Gasteiger partial charge in [-0.2, -0.15) is 0 Å². The summed E-state index contributed by atoms with van der Waals surface area (Å²) in [6, 6.07) is 25.7. The number of aliphatic hydroxyl groups is 1. The molecule has 1 aromatic heterocycles. The fourth-order valence-corrected chi connectivity index (χ4v) is 3.86. The Balaban J connectivity index is 1.52. The Bertz CT molecular complexity index is 1270. The van der Waals surface area contributed by atoms with Crippen LogP contribution in [0, 0.1) is 0 Å². The number of aromatic nitrogens is 2. The lowest BCUT2D eigenvalue weighted by Crippen LogP contribution is -2.34. The Morgan fingerprint density at radius 2 is 1.28 bits per heavy atom. The van der Waals surface area contributed by atoms with E-state index in [4.69, 9.17) is 4.98 Å². The third kappa shape index (κ3) is 3.46. The minimum absolute atomic E-state index is 0.180. The number of fused-ring (bicyclic) bond motifs is 1. The zero-order valence-electron chi connectivity index (χ0n) is 17.1. The van der Waals surface area contributed by atoms with E-state index >= 15 is 0 Å². The second-order valence-corrected chi connectivity index (χ2v) is 7.51. The van der Waals surface area contributed by atoms with Crippen molar-refractivity contribution >= 4 is 11.8 Å². The molecule has 5 rings (SSSR count). The number of β-amino-alcohol motifs (C(OH)–C–C–N with tert-alkyl or cyclic N) is 1. The second kappa shape index (κ2) is 8.17. The van der Waals surface area contributed by atoms with Crippen molar-refractivity contribution in [3.63, 3.8) is 0 Å². The Kier molecular flexibility index (Phi) is 5.05. The average Bonchev–Trinajstić information content (AvgIpc) is 3.09. The molecule has 2 amide bonds. The van der Waals surface area contributed by atoms with Crippen molar-refractivity contribution in [1.29, 1.82) is 0 Å². The first-order chi connectivity index (χ1) is 15.6. The van der Waals surface area contributed by atoms with Gasteiger partial charge in [-0.15, -0.1) is 0 Å². The fraction of sp³-hybridized carbons (Fsp3) is 0.0769. The first kappa shape index (κ1) is 19.8. The van der Waals surface area contributed by atoms with E-state index in [1.165, 1.54) is 0 Å². The van der Waals surface area contributed by atoms with Gasteiger partial charge in [-0.3, -0.25) is 14.5 Å². The highest BCUT2D eigenvalue weighted by Crippen LogP contribution is 2.31. The molecule has 0 fully saturated rings. The van der Waals surface area contributed by atoms with Crippen molar-refractivity contribution in [3.05, 3.63) is 108 Å². The monoisotopic (exact) mass is 421 g/mol. The van der Waals surface area contributed by atoms with Crippen molar-refractivity contribution in [1.82, 2.24) is 14.9 Å². The number of amides is 2. The van der Waals surface area contributed by atoms with Crippen LogP contribution in [-0.2, 0) is 0 Å². The molecule has 0 radical (unpaired) electrons. The van der Waals surface area contributed by atoms with E-state index < -0.39 is 17.9 Å². The summed E-state index contributed by atoms with van der Waals surface area (Å²) in [5.74, 6) is -0.290. The molecule has 1 unspecified atom stereocenters. The summed E-state index contributed by atoms with van der Waals surface area (Å²) < 4.78 is 0. The zero-order chi connectivity index (χ0) is 22.1. The molecule has 0 aliphatic carbocycles. The summed E-state index contributed by atoms with van der Waals surface area (Å²) in [4.78, 5) is 35.7. The number of imide groups is 1. The van der Waals surface area contributed by atoms with Gasteiger partial charge in [0.05, 0.1) is 23.4 Å². The first-order valence-electron chi connectivity index (χ1n) is 10.2. The Hall–Kier alpha value is -4.16. The number of rotatable bonds is 5. The van der Waals surface area contributed by atoms with Gasteiger partial charge in [0.1, 0.15) is 6.10 Å². The van der Waals surface area contributed by atoms with E-state index in [1.54, 1.807) is 30.5 Å². The molecule has 6 nitrogen and oxygen atoms in total. The molecule has 4 aromatic rings. The number of hydrogen-bond acceptors (Lipinski definition) is 5. The molecule has 6 heteroatoms. The maximum Gasteiger partial charge on any atom is 0.261 e. The van der Waals surface area contributed by atoms with E-state index in [1.807, 2.05) is 60.7 Å². The summed E-state index contributed by atoms with van der Waals surface area (Å²) in [5, 5.41) is 11.1. The maximum absolute atomic E-state index is 12.7. The Labute approximate surface area is 184 Å². The lowest BCUT2D eigenvalue weighted by Gasteiger charge is -2.20. The van der Waals surface area contributed by atoms with Crippen molar-refractivity contribution in [2.75, 3.05) is 6.54 Å². The van der Waals surface area contributed by atoms with E-state index in [0.717, 1.165) is 16.0 Å². The summed E-state index contributed by atoms with van der Waals surface area (Å²) in [5.41, 5.74) is 3.37.